The van der Waals surface area contributed by atoms with E-state index in [2.05, 4.69) is 17.4 Å². The molecule has 0 spiro atoms. The first kappa shape index (κ1) is 10.2. The van der Waals surface area contributed by atoms with Gasteiger partial charge in [0.05, 0.1) is 0 Å². The van der Waals surface area contributed by atoms with Crippen LogP contribution in [0.4, 0.5) is 5.69 Å². The third-order valence-corrected chi connectivity index (χ3v) is 2.95. The Morgan fingerprint density at radius 2 is 2.00 bits per heavy atom. The van der Waals surface area contributed by atoms with Crippen molar-refractivity contribution in [2.45, 2.75) is 39.0 Å². The molecule has 0 aromatic heterocycles. The van der Waals surface area contributed by atoms with Gasteiger partial charge in [-0.2, -0.15) is 0 Å². The number of anilines is 1. The molecule has 0 aliphatic heterocycles. The quantitative estimate of drug-likeness (QED) is 0.786. The summed E-state index contributed by atoms with van der Waals surface area (Å²) >= 11 is 0. The highest BCUT2D eigenvalue weighted by atomic mass is 16.1. The van der Waals surface area contributed by atoms with Crippen LogP contribution in [0.15, 0.2) is 18.2 Å². The van der Waals surface area contributed by atoms with Gasteiger partial charge in [0.25, 0.3) is 0 Å². The maximum Gasteiger partial charge on any atom is 0.224 e. The van der Waals surface area contributed by atoms with Gasteiger partial charge in [-0.1, -0.05) is 13.0 Å². The third-order valence-electron chi connectivity index (χ3n) is 2.95. The van der Waals surface area contributed by atoms with E-state index < -0.39 is 0 Å². The van der Waals surface area contributed by atoms with E-state index in [-0.39, 0.29) is 5.91 Å². The summed E-state index contributed by atoms with van der Waals surface area (Å²) in [6.07, 6.45) is 5.46. The molecule has 0 saturated carbocycles. The van der Waals surface area contributed by atoms with Gasteiger partial charge in [0.2, 0.25) is 5.91 Å². The molecule has 1 aliphatic rings. The molecule has 0 heterocycles. The van der Waals surface area contributed by atoms with Crippen LogP contribution in [0, 0.1) is 0 Å². The van der Waals surface area contributed by atoms with Gasteiger partial charge in [-0.3, -0.25) is 4.79 Å². The first-order valence-electron chi connectivity index (χ1n) is 5.71. The molecular weight excluding hydrogens is 186 g/mol. The van der Waals surface area contributed by atoms with E-state index in [1.165, 1.54) is 30.4 Å². The minimum atomic E-state index is 0.0887. The number of nitrogens with one attached hydrogen (secondary N) is 1. The maximum atomic E-state index is 11.2. The number of hydrogen-bond acceptors (Lipinski definition) is 1. The lowest BCUT2D eigenvalue weighted by Crippen LogP contribution is -2.10. The number of amides is 1. The summed E-state index contributed by atoms with van der Waals surface area (Å²) in [4.78, 5) is 11.2. The minimum Gasteiger partial charge on any atom is -0.326 e. The molecule has 0 unspecified atom stereocenters. The van der Waals surface area contributed by atoms with Crippen molar-refractivity contribution < 1.29 is 4.79 Å². The maximum absolute atomic E-state index is 11.2. The molecule has 1 aromatic rings. The van der Waals surface area contributed by atoms with Crippen LogP contribution in [0.3, 0.4) is 0 Å². The fourth-order valence-corrected chi connectivity index (χ4v) is 2.06. The molecule has 1 aliphatic carbocycles. The van der Waals surface area contributed by atoms with Crippen molar-refractivity contribution in [1.29, 1.82) is 0 Å². The Morgan fingerprint density at radius 1 is 1.27 bits per heavy atom. The molecule has 1 N–H and O–H groups in total. The standard InChI is InChI=1S/C13H17NO/c1-2-13(15)14-12-8-7-10-5-3-4-6-11(10)9-12/h7-9H,2-6H2,1H3,(H,14,15). The summed E-state index contributed by atoms with van der Waals surface area (Å²) in [5.74, 6) is 0.0887. The number of rotatable bonds is 2. The highest BCUT2D eigenvalue weighted by molar-refractivity contribution is 5.90. The molecular formula is C13H17NO. The smallest absolute Gasteiger partial charge is 0.224 e. The van der Waals surface area contributed by atoms with E-state index in [1.807, 2.05) is 13.0 Å². The number of benzene rings is 1. The summed E-state index contributed by atoms with van der Waals surface area (Å²) in [6.45, 7) is 1.87. The fourth-order valence-electron chi connectivity index (χ4n) is 2.06. The van der Waals surface area contributed by atoms with Crippen molar-refractivity contribution in [1.82, 2.24) is 0 Å². The predicted octanol–water partition coefficient (Wildman–Crippen LogP) is 2.91. The second-order valence-electron chi connectivity index (χ2n) is 4.09. The second-order valence-corrected chi connectivity index (χ2v) is 4.09. The van der Waals surface area contributed by atoms with Gasteiger partial charge in [-0.25, -0.2) is 0 Å². The largest absolute Gasteiger partial charge is 0.326 e. The van der Waals surface area contributed by atoms with Crippen LogP contribution in [-0.2, 0) is 17.6 Å². The molecule has 2 heteroatoms. The van der Waals surface area contributed by atoms with Crippen LogP contribution in [-0.4, -0.2) is 5.91 Å². The van der Waals surface area contributed by atoms with Crippen LogP contribution < -0.4 is 5.32 Å². The lowest BCUT2D eigenvalue weighted by Gasteiger charge is -2.16. The minimum absolute atomic E-state index is 0.0887. The topological polar surface area (TPSA) is 29.1 Å². The second kappa shape index (κ2) is 4.47. The highest BCUT2D eigenvalue weighted by Crippen LogP contribution is 2.24. The molecule has 0 fully saturated rings. The van der Waals surface area contributed by atoms with Gasteiger partial charge in [-0.05, 0) is 48.9 Å². The normalized spacial score (nSPS) is 14.5. The molecule has 0 bridgehead atoms. The first-order valence-corrected chi connectivity index (χ1v) is 5.71. The van der Waals surface area contributed by atoms with E-state index in [1.54, 1.807) is 0 Å². The molecule has 2 rings (SSSR count). The molecule has 0 saturated heterocycles. The number of hydrogen-bond donors (Lipinski definition) is 1. The van der Waals surface area contributed by atoms with E-state index in [0.717, 1.165) is 12.1 Å². The van der Waals surface area contributed by atoms with Crippen molar-refractivity contribution in [2.75, 3.05) is 5.32 Å². The van der Waals surface area contributed by atoms with Gasteiger partial charge < -0.3 is 5.32 Å². The van der Waals surface area contributed by atoms with Crippen molar-refractivity contribution in [3.05, 3.63) is 29.3 Å². The van der Waals surface area contributed by atoms with Crippen molar-refractivity contribution in [2.24, 2.45) is 0 Å². The van der Waals surface area contributed by atoms with Crippen LogP contribution in [0.1, 0.15) is 37.3 Å². The zero-order valence-electron chi connectivity index (χ0n) is 9.18. The van der Waals surface area contributed by atoms with Crippen molar-refractivity contribution in [3.63, 3.8) is 0 Å². The molecule has 0 radical (unpaired) electrons. The van der Waals surface area contributed by atoms with Crippen LogP contribution >= 0.6 is 0 Å². The summed E-state index contributed by atoms with van der Waals surface area (Å²) in [5, 5.41) is 2.90. The van der Waals surface area contributed by atoms with Gasteiger partial charge in [0.15, 0.2) is 0 Å². The summed E-state index contributed by atoms with van der Waals surface area (Å²) in [6, 6.07) is 6.29. The lowest BCUT2D eigenvalue weighted by molar-refractivity contribution is -0.115. The monoisotopic (exact) mass is 203 g/mol. The first-order chi connectivity index (χ1) is 7.29. The number of fused-ring (bicyclic) bond motifs is 1. The van der Waals surface area contributed by atoms with Crippen LogP contribution in [0.5, 0.6) is 0 Å². The highest BCUT2D eigenvalue weighted by Gasteiger charge is 2.09. The molecule has 1 amide bonds. The summed E-state index contributed by atoms with van der Waals surface area (Å²) in [5.41, 5.74) is 3.81. The van der Waals surface area contributed by atoms with E-state index in [4.69, 9.17) is 0 Å². The number of carbonyl (C=O) groups is 1. The average Bonchev–Trinajstić information content (AvgIpc) is 2.29. The molecule has 80 valence electrons. The Kier molecular flexibility index (Phi) is 3.05. The summed E-state index contributed by atoms with van der Waals surface area (Å²) < 4.78 is 0. The third kappa shape index (κ3) is 2.38. The zero-order chi connectivity index (χ0) is 10.7. The van der Waals surface area contributed by atoms with Crippen molar-refractivity contribution >= 4 is 11.6 Å². The Hall–Kier alpha value is -1.31. The van der Waals surface area contributed by atoms with Gasteiger partial charge >= 0.3 is 0 Å². The van der Waals surface area contributed by atoms with Crippen molar-refractivity contribution in [3.8, 4) is 0 Å². The number of carbonyl (C=O) groups excluding carboxylic acids is 1. The Bertz CT molecular complexity index is 371. The zero-order valence-corrected chi connectivity index (χ0v) is 9.18. The Morgan fingerprint density at radius 3 is 2.73 bits per heavy atom. The number of aryl methyl sites for hydroxylation is 2. The SMILES string of the molecule is CCC(=O)Nc1ccc2c(c1)CCCC2. The van der Waals surface area contributed by atoms with E-state index >= 15 is 0 Å². The average molecular weight is 203 g/mol. The van der Waals surface area contributed by atoms with E-state index in [0.29, 0.717) is 6.42 Å². The fraction of sp³-hybridized carbons (Fsp3) is 0.462. The van der Waals surface area contributed by atoms with Crippen LogP contribution in [0.25, 0.3) is 0 Å². The van der Waals surface area contributed by atoms with Gasteiger partial charge in [-0.15, -0.1) is 0 Å². The van der Waals surface area contributed by atoms with Crippen LogP contribution in [0.2, 0.25) is 0 Å². The molecule has 15 heavy (non-hydrogen) atoms. The van der Waals surface area contributed by atoms with Gasteiger partial charge in [0.1, 0.15) is 0 Å². The predicted molar refractivity (Wildman–Crippen MR) is 62.0 cm³/mol. The Labute approximate surface area is 90.7 Å². The lowest BCUT2D eigenvalue weighted by atomic mass is 9.91. The molecule has 1 aromatic carbocycles. The summed E-state index contributed by atoms with van der Waals surface area (Å²) in [7, 11) is 0. The van der Waals surface area contributed by atoms with E-state index in [9.17, 15) is 4.79 Å². The molecule has 2 nitrogen and oxygen atoms in total. The van der Waals surface area contributed by atoms with Gasteiger partial charge in [0, 0.05) is 12.1 Å². The Balaban J connectivity index is 2.17. The molecule has 0 atom stereocenters.